The van der Waals surface area contributed by atoms with Crippen LogP contribution in [0.2, 0.25) is 0 Å². The minimum atomic E-state index is -3.32. The molecule has 0 saturated carbocycles. The Morgan fingerprint density at radius 2 is 1.79 bits per heavy atom. The Labute approximate surface area is 173 Å². The topological polar surface area (TPSA) is 63.7 Å². The van der Waals surface area contributed by atoms with Crippen molar-refractivity contribution in [3.05, 3.63) is 59.7 Å². The van der Waals surface area contributed by atoms with Gasteiger partial charge in [0.1, 0.15) is 5.75 Å². The van der Waals surface area contributed by atoms with E-state index in [0.717, 1.165) is 50.8 Å². The van der Waals surface area contributed by atoms with Crippen LogP contribution in [-0.2, 0) is 16.3 Å². The quantitative estimate of drug-likeness (QED) is 0.686. The van der Waals surface area contributed by atoms with E-state index >= 15 is 0 Å². The molecule has 0 N–H and O–H groups in total. The molecule has 3 rings (SSSR count). The van der Waals surface area contributed by atoms with Crippen LogP contribution in [0.25, 0.3) is 0 Å². The molecule has 0 unspecified atom stereocenters. The van der Waals surface area contributed by atoms with Crippen molar-refractivity contribution in [2.24, 2.45) is 5.92 Å². The Morgan fingerprint density at radius 1 is 1.10 bits per heavy atom. The maximum Gasteiger partial charge on any atom is 0.253 e. The first-order valence-corrected chi connectivity index (χ1v) is 12.1. The SMILES string of the molecule is CCOc1ccc(CCC2CCN(C(=O)c3cccc(S(C)(=O)=O)c3)CC2)cc1. The zero-order valence-corrected chi connectivity index (χ0v) is 18.0. The standard InChI is InChI=1S/C23H29NO4S/c1-3-28-21-11-9-18(10-12-21)7-8-19-13-15-24(16-14-19)23(25)20-5-4-6-22(17-20)29(2,26)27/h4-6,9-12,17,19H,3,7-8,13-16H2,1-2H3. The highest BCUT2D eigenvalue weighted by Gasteiger charge is 2.24. The van der Waals surface area contributed by atoms with Crippen LogP contribution in [0.3, 0.4) is 0 Å². The van der Waals surface area contributed by atoms with Crippen LogP contribution < -0.4 is 4.74 Å². The van der Waals surface area contributed by atoms with Gasteiger partial charge in [0.05, 0.1) is 11.5 Å². The lowest BCUT2D eigenvalue weighted by molar-refractivity contribution is 0.0686. The Kier molecular flexibility index (Phi) is 6.96. The second-order valence-electron chi connectivity index (χ2n) is 7.65. The normalized spacial score (nSPS) is 15.3. The molecule has 29 heavy (non-hydrogen) atoms. The first-order chi connectivity index (χ1) is 13.9. The second-order valence-corrected chi connectivity index (χ2v) is 9.67. The number of nitrogens with zero attached hydrogens (tertiary/aromatic N) is 1. The molecule has 1 amide bonds. The molecule has 0 aliphatic carbocycles. The predicted molar refractivity (Wildman–Crippen MR) is 114 cm³/mol. The number of hydrogen-bond donors (Lipinski definition) is 0. The third-order valence-electron chi connectivity index (χ3n) is 5.49. The van der Waals surface area contributed by atoms with Crippen molar-refractivity contribution in [2.75, 3.05) is 26.0 Å². The van der Waals surface area contributed by atoms with Crippen LogP contribution in [-0.4, -0.2) is 45.2 Å². The van der Waals surface area contributed by atoms with Crippen molar-refractivity contribution in [3.8, 4) is 5.75 Å². The van der Waals surface area contributed by atoms with E-state index in [2.05, 4.69) is 12.1 Å². The minimum Gasteiger partial charge on any atom is -0.494 e. The van der Waals surface area contributed by atoms with E-state index in [9.17, 15) is 13.2 Å². The van der Waals surface area contributed by atoms with Crippen LogP contribution >= 0.6 is 0 Å². The maximum atomic E-state index is 12.8. The molecule has 2 aromatic carbocycles. The van der Waals surface area contributed by atoms with E-state index in [4.69, 9.17) is 4.74 Å². The van der Waals surface area contributed by atoms with Gasteiger partial charge in [0, 0.05) is 24.9 Å². The molecular weight excluding hydrogens is 386 g/mol. The maximum absolute atomic E-state index is 12.8. The number of carbonyl (C=O) groups is 1. The third kappa shape index (κ3) is 5.82. The molecule has 1 fully saturated rings. The van der Waals surface area contributed by atoms with E-state index in [1.54, 1.807) is 12.1 Å². The lowest BCUT2D eigenvalue weighted by Crippen LogP contribution is -2.38. The average molecular weight is 416 g/mol. The molecule has 0 bridgehead atoms. The minimum absolute atomic E-state index is 0.0829. The summed E-state index contributed by atoms with van der Waals surface area (Å²) in [6, 6.07) is 14.6. The van der Waals surface area contributed by atoms with E-state index < -0.39 is 9.84 Å². The average Bonchev–Trinajstić information content (AvgIpc) is 2.73. The molecule has 6 heteroatoms. The van der Waals surface area contributed by atoms with Gasteiger partial charge in [-0.2, -0.15) is 0 Å². The highest BCUT2D eigenvalue weighted by Crippen LogP contribution is 2.24. The number of rotatable bonds is 7. The van der Waals surface area contributed by atoms with Crippen molar-refractivity contribution in [1.82, 2.24) is 4.90 Å². The molecule has 156 valence electrons. The number of amides is 1. The lowest BCUT2D eigenvalue weighted by Gasteiger charge is -2.32. The first-order valence-electron chi connectivity index (χ1n) is 10.2. The largest absolute Gasteiger partial charge is 0.494 e. The van der Waals surface area contributed by atoms with Gasteiger partial charge in [-0.15, -0.1) is 0 Å². The fourth-order valence-corrected chi connectivity index (χ4v) is 4.42. The fraction of sp³-hybridized carbons (Fsp3) is 0.435. The monoisotopic (exact) mass is 415 g/mol. The number of hydrogen-bond acceptors (Lipinski definition) is 4. The van der Waals surface area contributed by atoms with Gasteiger partial charge < -0.3 is 9.64 Å². The van der Waals surface area contributed by atoms with Crippen molar-refractivity contribution >= 4 is 15.7 Å². The summed E-state index contributed by atoms with van der Waals surface area (Å²) in [6.45, 7) is 4.09. The summed E-state index contributed by atoms with van der Waals surface area (Å²) in [7, 11) is -3.32. The van der Waals surface area contributed by atoms with Crippen molar-refractivity contribution in [2.45, 2.75) is 37.5 Å². The van der Waals surface area contributed by atoms with Gasteiger partial charge in [-0.05, 0) is 74.4 Å². The van der Waals surface area contributed by atoms with Gasteiger partial charge >= 0.3 is 0 Å². The van der Waals surface area contributed by atoms with Gasteiger partial charge in [-0.25, -0.2) is 8.42 Å². The molecule has 0 atom stereocenters. The van der Waals surface area contributed by atoms with Crippen molar-refractivity contribution < 1.29 is 17.9 Å². The summed E-state index contributed by atoms with van der Waals surface area (Å²) in [4.78, 5) is 14.8. The van der Waals surface area contributed by atoms with E-state index in [-0.39, 0.29) is 10.8 Å². The summed E-state index contributed by atoms with van der Waals surface area (Å²) in [5.41, 5.74) is 1.75. The summed E-state index contributed by atoms with van der Waals surface area (Å²) in [6.07, 6.45) is 5.26. The second kappa shape index (κ2) is 9.44. The van der Waals surface area contributed by atoms with Crippen LogP contribution in [0.5, 0.6) is 5.75 Å². The van der Waals surface area contributed by atoms with Crippen molar-refractivity contribution in [3.63, 3.8) is 0 Å². The Balaban J connectivity index is 1.50. The van der Waals surface area contributed by atoms with Crippen molar-refractivity contribution in [1.29, 1.82) is 0 Å². The molecule has 0 aromatic heterocycles. The van der Waals surface area contributed by atoms with Crippen LogP contribution in [0.1, 0.15) is 42.1 Å². The van der Waals surface area contributed by atoms with Gasteiger partial charge in [0.2, 0.25) is 0 Å². The molecule has 0 spiro atoms. The van der Waals surface area contributed by atoms with Crippen LogP contribution in [0.4, 0.5) is 0 Å². The molecular formula is C23H29NO4S. The predicted octanol–water partition coefficient (Wildman–Crippen LogP) is 3.97. The molecule has 5 nitrogen and oxygen atoms in total. The van der Waals surface area contributed by atoms with Gasteiger partial charge in [-0.3, -0.25) is 4.79 Å². The first kappa shape index (κ1) is 21.4. The van der Waals surface area contributed by atoms with Gasteiger partial charge in [0.15, 0.2) is 9.84 Å². The summed E-state index contributed by atoms with van der Waals surface area (Å²) in [5.74, 6) is 1.43. The zero-order chi connectivity index (χ0) is 20.9. The van der Waals surface area contributed by atoms with E-state index in [0.29, 0.717) is 18.1 Å². The smallest absolute Gasteiger partial charge is 0.253 e. The summed E-state index contributed by atoms with van der Waals surface area (Å²) < 4.78 is 29.0. The number of carbonyl (C=O) groups excluding carboxylic acids is 1. The molecule has 1 saturated heterocycles. The lowest BCUT2D eigenvalue weighted by atomic mass is 9.90. The Morgan fingerprint density at radius 3 is 2.41 bits per heavy atom. The number of aryl methyl sites for hydroxylation is 1. The van der Waals surface area contributed by atoms with E-state index in [1.807, 2.05) is 24.0 Å². The third-order valence-corrected chi connectivity index (χ3v) is 6.60. The Bertz CT molecular complexity index is 930. The zero-order valence-electron chi connectivity index (χ0n) is 17.1. The molecule has 0 radical (unpaired) electrons. The van der Waals surface area contributed by atoms with Gasteiger partial charge in [0.25, 0.3) is 5.91 Å². The molecule has 1 aliphatic heterocycles. The van der Waals surface area contributed by atoms with Gasteiger partial charge in [-0.1, -0.05) is 18.2 Å². The van der Waals surface area contributed by atoms with E-state index in [1.165, 1.54) is 17.7 Å². The Hall–Kier alpha value is -2.34. The summed E-state index contributed by atoms with van der Waals surface area (Å²) >= 11 is 0. The molecule has 1 heterocycles. The summed E-state index contributed by atoms with van der Waals surface area (Å²) in [5, 5.41) is 0. The van der Waals surface area contributed by atoms with Crippen LogP contribution in [0.15, 0.2) is 53.4 Å². The number of piperidine rings is 1. The highest BCUT2D eigenvalue weighted by molar-refractivity contribution is 7.90. The number of ether oxygens (including phenoxy) is 1. The number of likely N-dealkylation sites (tertiary alicyclic amines) is 1. The number of benzene rings is 2. The molecule has 2 aromatic rings. The number of sulfone groups is 1. The fourth-order valence-electron chi connectivity index (χ4n) is 3.76. The van der Waals surface area contributed by atoms with Crippen LogP contribution in [0, 0.1) is 5.92 Å². The molecule has 1 aliphatic rings. The highest BCUT2D eigenvalue weighted by atomic mass is 32.2.